The first-order valence-corrected chi connectivity index (χ1v) is 8.20. The van der Waals surface area contributed by atoms with Gasteiger partial charge in [-0.3, -0.25) is 9.80 Å². The molecule has 0 saturated carbocycles. The lowest BCUT2D eigenvalue weighted by molar-refractivity contribution is 0.0605. The van der Waals surface area contributed by atoms with Gasteiger partial charge < -0.3 is 14.9 Å². The number of aliphatic hydroxyl groups excluding tert-OH is 1. The Morgan fingerprint density at radius 1 is 1.18 bits per heavy atom. The molecule has 0 bridgehead atoms. The second kappa shape index (κ2) is 8.36. The van der Waals surface area contributed by atoms with Crippen molar-refractivity contribution < 1.29 is 14.9 Å². The number of phenols is 1. The Kier molecular flexibility index (Phi) is 6.49. The summed E-state index contributed by atoms with van der Waals surface area (Å²) in [6.07, 6.45) is 0.980. The van der Waals surface area contributed by atoms with E-state index in [1.54, 1.807) is 6.07 Å². The highest BCUT2D eigenvalue weighted by Crippen LogP contribution is 2.30. The predicted octanol–water partition coefficient (Wildman–Crippen LogP) is 1.68. The third-order valence-electron chi connectivity index (χ3n) is 4.38. The van der Waals surface area contributed by atoms with Crippen molar-refractivity contribution in [3.8, 4) is 11.5 Å². The van der Waals surface area contributed by atoms with E-state index in [1.165, 1.54) is 0 Å². The van der Waals surface area contributed by atoms with E-state index >= 15 is 0 Å². The van der Waals surface area contributed by atoms with Gasteiger partial charge in [0.05, 0.1) is 13.2 Å². The van der Waals surface area contributed by atoms with E-state index < -0.39 is 0 Å². The Morgan fingerprint density at radius 3 is 2.50 bits per heavy atom. The van der Waals surface area contributed by atoms with Crippen LogP contribution in [0.2, 0.25) is 0 Å². The summed E-state index contributed by atoms with van der Waals surface area (Å²) in [7, 11) is 0. The molecule has 22 heavy (non-hydrogen) atoms. The Hall–Kier alpha value is -1.30. The molecule has 5 heteroatoms. The van der Waals surface area contributed by atoms with Gasteiger partial charge in [-0.05, 0) is 19.4 Å². The zero-order valence-electron chi connectivity index (χ0n) is 13.7. The molecule has 1 aromatic carbocycles. The first-order chi connectivity index (χ1) is 10.7. The molecule has 1 unspecified atom stereocenters. The van der Waals surface area contributed by atoms with E-state index in [9.17, 15) is 10.2 Å². The topological polar surface area (TPSA) is 56.2 Å². The van der Waals surface area contributed by atoms with E-state index in [-0.39, 0.29) is 18.4 Å². The highest BCUT2D eigenvalue weighted by atomic mass is 16.5. The van der Waals surface area contributed by atoms with Gasteiger partial charge >= 0.3 is 0 Å². The first-order valence-electron chi connectivity index (χ1n) is 8.20. The highest BCUT2D eigenvalue weighted by Gasteiger charge is 2.23. The van der Waals surface area contributed by atoms with Gasteiger partial charge in [0.15, 0.2) is 11.5 Å². The van der Waals surface area contributed by atoms with Gasteiger partial charge in [0.1, 0.15) is 0 Å². The van der Waals surface area contributed by atoms with Gasteiger partial charge in [-0.1, -0.05) is 19.1 Å². The fourth-order valence-corrected chi connectivity index (χ4v) is 3.00. The van der Waals surface area contributed by atoms with Crippen LogP contribution in [-0.2, 0) is 6.54 Å². The van der Waals surface area contributed by atoms with Crippen LogP contribution in [0.4, 0.5) is 0 Å². The SMILES string of the molecule is CCOc1cccc(CN2CCN(C(CC)CO)CC2)c1O. The van der Waals surface area contributed by atoms with Crippen molar-refractivity contribution in [2.45, 2.75) is 32.9 Å². The molecule has 1 aliphatic rings. The fourth-order valence-electron chi connectivity index (χ4n) is 3.00. The van der Waals surface area contributed by atoms with Crippen molar-refractivity contribution >= 4 is 0 Å². The molecule has 1 aromatic rings. The summed E-state index contributed by atoms with van der Waals surface area (Å²) in [6, 6.07) is 5.95. The molecular weight excluding hydrogens is 280 g/mol. The van der Waals surface area contributed by atoms with Crippen LogP contribution in [0.5, 0.6) is 11.5 Å². The smallest absolute Gasteiger partial charge is 0.162 e. The van der Waals surface area contributed by atoms with Crippen molar-refractivity contribution in [3.05, 3.63) is 23.8 Å². The largest absolute Gasteiger partial charge is 0.504 e. The second-order valence-corrected chi connectivity index (χ2v) is 5.75. The molecule has 2 N–H and O–H groups in total. The van der Waals surface area contributed by atoms with Crippen LogP contribution in [0.25, 0.3) is 0 Å². The summed E-state index contributed by atoms with van der Waals surface area (Å²) in [6.45, 7) is 9.38. The molecule has 0 aliphatic carbocycles. The predicted molar refractivity (Wildman–Crippen MR) is 87.3 cm³/mol. The number of nitrogens with zero attached hydrogens (tertiary/aromatic N) is 2. The van der Waals surface area contributed by atoms with Crippen LogP contribution in [0.1, 0.15) is 25.8 Å². The number of ether oxygens (including phenoxy) is 1. The third-order valence-corrected chi connectivity index (χ3v) is 4.38. The molecule has 0 amide bonds. The molecule has 1 atom stereocenters. The molecule has 124 valence electrons. The molecule has 0 aromatic heterocycles. The van der Waals surface area contributed by atoms with E-state index in [1.807, 2.05) is 19.1 Å². The normalized spacial score (nSPS) is 18.3. The number of aromatic hydroxyl groups is 1. The summed E-state index contributed by atoms with van der Waals surface area (Å²) in [5.74, 6) is 0.818. The minimum Gasteiger partial charge on any atom is -0.504 e. The molecule has 2 rings (SSSR count). The van der Waals surface area contributed by atoms with Gasteiger partial charge in [-0.25, -0.2) is 0 Å². The maximum atomic E-state index is 10.3. The van der Waals surface area contributed by atoms with E-state index in [2.05, 4.69) is 16.7 Å². The Bertz CT molecular complexity index is 455. The van der Waals surface area contributed by atoms with Crippen LogP contribution < -0.4 is 4.74 Å². The van der Waals surface area contributed by atoms with Crippen molar-refractivity contribution in [1.29, 1.82) is 0 Å². The minimum absolute atomic E-state index is 0.230. The molecule has 0 spiro atoms. The lowest BCUT2D eigenvalue weighted by Crippen LogP contribution is -2.50. The fraction of sp³-hybridized carbons (Fsp3) is 0.647. The number of hydrogen-bond donors (Lipinski definition) is 2. The van der Waals surface area contributed by atoms with E-state index in [0.29, 0.717) is 12.4 Å². The van der Waals surface area contributed by atoms with Crippen LogP contribution in [-0.4, -0.2) is 65.4 Å². The van der Waals surface area contributed by atoms with Gasteiger partial charge in [-0.2, -0.15) is 0 Å². The van der Waals surface area contributed by atoms with Gasteiger partial charge in [-0.15, -0.1) is 0 Å². The minimum atomic E-state index is 0.230. The maximum absolute atomic E-state index is 10.3. The van der Waals surface area contributed by atoms with Crippen LogP contribution in [0.3, 0.4) is 0 Å². The zero-order valence-corrected chi connectivity index (χ0v) is 13.7. The third kappa shape index (κ3) is 4.12. The molecule has 1 fully saturated rings. The number of para-hydroxylation sites is 1. The number of piperazine rings is 1. The van der Waals surface area contributed by atoms with Crippen LogP contribution in [0, 0.1) is 0 Å². The molecule has 0 radical (unpaired) electrons. The molecule has 1 heterocycles. The lowest BCUT2D eigenvalue weighted by atomic mass is 10.1. The number of aliphatic hydroxyl groups is 1. The molecule has 5 nitrogen and oxygen atoms in total. The number of hydrogen-bond acceptors (Lipinski definition) is 5. The van der Waals surface area contributed by atoms with E-state index in [0.717, 1.165) is 44.7 Å². The summed E-state index contributed by atoms with van der Waals surface area (Å²) in [5.41, 5.74) is 0.911. The molecule has 1 aliphatic heterocycles. The monoisotopic (exact) mass is 308 g/mol. The average molecular weight is 308 g/mol. The van der Waals surface area contributed by atoms with Gasteiger partial charge in [0.2, 0.25) is 0 Å². The summed E-state index contributed by atoms with van der Waals surface area (Å²) < 4.78 is 5.44. The lowest BCUT2D eigenvalue weighted by Gasteiger charge is -2.38. The summed E-state index contributed by atoms with van der Waals surface area (Å²) >= 11 is 0. The zero-order chi connectivity index (χ0) is 15.9. The van der Waals surface area contributed by atoms with Crippen molar-refractivity contribution in [2.24, 2.45) is 0 Å². The van der Waals surface area contributed by atoms with Crippen molar-refractivity contribution in [2.75, 3.05) is 39.4 Å². The number of phenolic OH excluding ortho intramolecular Hbond substituents is 1. The molecular formula is C17H28N2O3. The Morgan fingerprint density at radius 2 is 1.91 bits per heavy atom. The summed E-state index contributed by atoms with van der Waals surface area (Å²) in [5, 5.41) is 19.7. The second-order valence-electron chi connectivity index (χ2n) is 5.75. The van der Waals surface area contributed by atoms with Crippen LogP contribution >= 0.6 is 0 Å². The van der Waals surface area contributed by atoms with Crippen LogP contribution in [0.15, 0.2) is 18.2 Å². The molecule has 1 saturated heterocycles. The number of rotatable bonds is 7. The number of benzene rings is 1. The van der Waals surface area contributed by atoms with E-state index in [4.69, 9.17) is 4.74 Å². The Balaban J connectivity index is 1.92. The standard InChI is InChI=1S/C17H28N2O3/c1-3-15(13-20)19-10-8-18(9-11-19)12-14-6-5-7-16(17(14)21)22-4-2/h5-7,15,20-21H,3-4,8-13H2,1-2H3. The Labute approximate surface area is 133 Å². The maximum Gasteiger partial charge on any atom is 0.162 e. The van der Waals surface area contributed by atoms with Crippen molar-refractivity contribution in [1.82, 2.24) is 9.80 Å². The summed E-state index contributed by atoms with van der Waals surface area (Å²) in [4.78, 5) is 4.69. The highest BCUT2D eigenvalue weighted by molar-refractivity contribution is 5.45. The van der Waals surface area contributed by atoms with Crippen molar-refractivity contribution in [3.63, 3.8) is 0 Å². The average Bonchev–Trinajstić information content (AvgIpc) is 2.54. The first kappa shape index (κ1) is 17.1. The quantitative estimate of drug-likeness (QED) is 0.803. The van der Waals surface area contributed by atoms with Gasteiger partial charge in [0.25, 0.3) is 0 Å². The van der Waals surface area contributed by atoms with Gasteiger partial charge in [0, 0.05) is 44.3 Å².